The molecule has 4 rings (SSSR count). The minimum absolute atomic E-state index is 0.0609. The van der Waals surface area contributed by atoms with Crippen molar-refractivity contribution in [2.24, 2.45) is 5.92 Å². The number of hydrogen-bond acceptors (Lipinski definition) is 6. The fourth-order valence-corrected chi connectivity index (χ4v) is 5.27. The van der Waals surface area contributed by atoms with Crippen LogP contribution in [0.25, 0.3) is 5.57 Å². The van der Waals surface area contributed by atoms with E-state index < -0.39 is 5.79 Å². The Morgan fingerprint density at radius 2 is 1.95 bits per heavy atom. The summed E-state index contributed by atoms with van der Waals surface area (Å²) >= 11 is 0. The topological polar surface area (TPSA) is 66.8 Å². The fourth-order valence-electron chi connectivity index (χ4n) is 5.27. The van der Waals surface area contributed by atoms with Gasteiger partial charge in [-0.05, 0) is 80.1 Å². The molecule has 1 saturated heterocycles. The first kappa shape index (κ1) is 27.7. The van der Waals surface area contributed by atoms with Crippen LogP contribution in [0.1, 0.15) is 42.9 Å². The Hall–Kier alpha value is -2.35. The molecule has 0 spiro atoms. The second kappa shape index (κ2) is 14.0. The lowest BCUT2D eigenvalue weighted by atomic mass is 9.82. The summed E-state index contributed by atoms with van der Waals surface area (Å²) in [6.45, 7) is 10.1. The van der Waals surface area contributed by atoms with Crippen LogP contribution in [0.5, 0.6) is 0 Å². The summed E-state index contributed by atoms with van der Waals surface area (Å²) in [7, 11) is 0. The number of likely N-dealkylation sites (tertiary alicyclic amines) is 1. The van der Waals surface area contributed by atoms with Gasteiger partial charge >= 0.3 is 0 Å². The van der Waals surface area contributed by atoms with E-state index in [-0.39, 0.29) is 12.0 Å². The average Bonchev–Trinajstić information content (AvgIpc) is 3.33. The van der Waals surface area contributed by atoms with Gasteiger partial charge in [-0.2, -0.15) is 0 Å². The molecule has 200 valence electrons. The molecule has 3 atom stereocenters. The molecular weight excluding hydrogens is 462 g/mol. The van der Waals surface area contributed by atoms with E-state index in [1.807, 2.05) is 18.5 Å². The largest absolute Gasteiger partial charge is 0.392 e. The Labute approximate surface area is 222 Å². The highest BCUT2D eigenvalue weighted by molar-refractivity contribution is 5.73. The molecule has 1 aliphatic heterocycles. The lowest BCUT2D eigenvalue weighted by Gasteiger charge is -2.40. The van der Waals surface area contributed by atoms with E-state index in [4.69, 9.17) is 9.47 Å². The van der Waals surface area contributed by atoms with E-state index in [1.54, 1.807) is 0 Å². The van der Waals surface area contributed by atoms with E-state index in [0.29, 0.717) is 13.2 Å². The highest BCUT2D eigenvalue weighted by atomic mass is 16.7. The summed E-state index contributed by atoms with van der Waals surface area (Å²) < 4.78 is 13.2. The summed E-state index contributed by atoms with van der Waals surface area (Å²) in [5.74, 6) is -0.724. The average molecular weight is 506 g/mol. The summed E-state index contributed by atoms with van der Waals surface area (Å²) in [6.07, 6.45) is 13.6. The lowest BCUT2D eigenvalue weighted by Crippen LogP contribution is -2.43. The molecule has 1 aromatic heterocycles. The Kier molecular flexibility index (Phi) is 10.5. The lowest BCUT2D eigenvalue weighted by molar-refractivity contribution is -0.223. The molecule has 6 heteroatoms. The number of nitrogens with zero attached hydrogens (tertiary/aromatic N) is 2. The number of aryl methyl sites for hydroxylation is 1. The van der Waals surface area contributed by atoms with Crippen LogP contribution in [-0.4, -0.2) is 72.8 Å². The van der Waals surface area contributed by atoms with E-state index in [2.05, 4.69) is 77.6 Å². The van der Waals surface area contributed by atoms with Crippen LogP contribution in [0.3, 0.4) is 0 Å². The normalized spacial score (nSPS) is 23.9. The van der Waals surface area contributed by atoms with E-state index in [0.717, 1.165) is 58.4 Å². The van der Waals surface area contributed by atoms with Gasteiger partial charge in [0.2, 0.25) is 0 Å². The number of rotatable bonds is 14. The number of ether oxygens (including phenoxy) is 2. The van der Waals surface area contributed by atoms with Crippen molar-refractivity contribution >= 4 is 5.57 Å². The van der Waals surface area contributed by atoms with Crippen molar-refractivity contribution in [2.45, 2.75) is 51.4 Å². The van der Waals surface area contributed by atoms with Gasteiger partial charge in [-0.15, -0.1) is 0 Å². The number of hydrogen-bond donors (Lipinski definition) is 2. The maximum absolute atomic E-state index is 9.81. The highest BCUT2D eigenvalue weighted by Crippen LogP contribution is 2.40. The van der Waals surface area contributed by atoms with Crippen molar-refractivity contribution in [3.8, 4) is 0 Å². The molecule has 37 heavy (non-hydrogen) atoms. The Morgan fingerprint density at radius 3 is 2.70 bits per heavy atom. The second-order valence-corrected chi connectivity index (χ2v) is 10.2. The van der Waals surface area contributed by atoms with Gasteiger partial charge in [0, 0.05) is 37.9 Å². The molecule has 0 amide bonds. The third-order valence-corrected chi connectivity index (χ3v) is 7.46. The van der Waals surface area contributed by atoms with Gasteiger partial charge < -0.3 is 24.8 Å². The van der Waals surface area contributed by atoms with E-state index in [9.17, 15) is 5.11 Å². The minimum atomic E-state index is -0.785. The van der Waals surface area contributed by atoms with Crippen LogP contribution in [-0.2, 0) is 15.9 Å². The van der Waals surface area contributed by atoms with Gasteiger partial charge in [-0.25, -0.2) is 0 Å². The van der Waals surface area contributed by atoms with Crippen molar-refractivity contribution in [3.05, 3.63) is 83.7 Å². The van der Waals surface area contributed by atoms with Crippen LogP contribution >= 0.6 is 0 Å². The zero-order chi connectivity index (χ0) is 25.9. The first-order valence-corrected chi connectivity index (χ1v) is 13.8. The van der Waals surface area contributed by atoms with Gasteiger partial charge in [0.1, 0.15) is 0 Å². The SMILES string of the molecule is Cc1ccccc1C1=CC=CC(OCCCNCCc2cccnc2)(OCCCN2CC[C@@H](O)C2)C1C. The Balaban J connectivity index is 1.31. The monoisotopic (exact) mass is 505 g/mol. The van der Waals surface area contributed by atoms with Gasteiger partial charge in [0.05, 0.1) is 19.3 Å². The second-order valence-electron chi connectivity index (χ2n) is 10.2. The van der Waals surface area contributed by atoms with E-state index in [1.165, 1.54) is 22.3 Å². The van der Waals surface area contributed by atoms with E-state index >= 15 is 0 Å². The van der Waals surface area contributed by atoms with Gasteiger partial charge in [0.25, 0.3) is 0 Å². The number of nitrogens with one attached hydrogen (secondary N) is 1. The third-order valence-electron chi connectivity index (χ3n) is 7.46. The standard InChI is InChI=1S/C31H43N3O3/c1-25-9-3-4-11-29(25)30-12-5-15-31(26(30)2,37-22-8-19-34-20-14-28(35)24-34)36-21-7-17-32-18-13-27-10-6-16-33-23-27/h3-6,9-12,15-16,23,26,28,32,35H,7-8,13-14,17-22,24H2,1-2H3/t26?,28-,31?/m1/s1. The number of β-amino-alcohol motifs (C(OH)–C–C–N with tert-alkyl or cyclic N) is 1. The van der Waals surface area contributed by atoms with Crippen molar-refractivity contribution in [2.75, 3.05) is 45.9 Å². The predicted molar refractivity (Wildman–Crippen MR) is 149 cm³/mol. The maximum Gasteiger partial charge on any atom is 0.194 e. The van der Waals surface area contributed by atoms with Crippen LogP contribution < -0.4 is 5.32 Å². The molecule has 1 fully saturated rings. The molecular formula is C31H43N3O3. The van der Waals surface area contributed by atoms with Crippen LogP contribution in [0.15, 0.2) is 67.0 Å². The number of pyridine rings is 1. The molecule has 2 unspecified atom stereocenters. The quantitative estimate of drug-likeness (QED) is 0.293. The number of aliphatic hydroxyl groups excluding tert-OH is 1. The molecule has 0 saturated carbocycles. The first-order valence-electron chi connectivity index (χ1n) is 13.8. The Bertz CT molecular complexity index is 1030. The van der Waals surface area contributed by atoms with Crippen molar-refractivity contribution < 1.29 is 14.6 Å². The first-order chi connectivity index (χ1) is 18.1. The van der Waals surface area contributed by atoms with Gasteiger partial charge in [0.15, 0.2) is 5.79 Å². The minimum Gasteiger partial charge on any atom is -0.392 e. The zero-order valence-corrected chi connectivity index (χ0v) is 22.4. The predicted octanol–water partition coefficient (Wildman–Crippen LogP) is 4.39. The maximum atomic E-state index is 9.81. The molecule has 2 heterocycles. The van der Waals surface area contributed by atoms with Crippen molar-refractivity contribution in [1.29, 1.82) is 0 Å². The van der Waals surface area contributed by atoms with Gasteiger partial charge in [-0.3, -0.25) is 4.98 Å². The summed E-state index contributed by atoms with van der Waals surface area (Å²) in [6, 6.07) is 12.6. The molecule has 2 N–H and O–H groups in total. The summed E-state index contributed by atoms with van der Waals surface area (Å²) in [4.78, 5) is 6.50. The molecule has 1 aromatic carbocycles. The fraction of sp³-hybridized carbons (Fsp3) is 0.516. The van der Waals surface area contributed by atoms with Crippen molar-refractivity contribution in [3.63, 3.8) is 0 Å². The molecule has 2 aromatic rings. The number of allylic oxidation sites excluding steroid dienone is 2. The molecule has 0 bridgehead atoms. The summed E-state index contributed by atoms with van der Waals surface area (Å²) in [5.41, 5.74) is 5.01. The van der Waals surface area contributed by atoms with Crippen LogP contribution in [0.2, 0.25) is 0 Å². The molecule has 1 aliphatic carbocycles. The number of benzene rings is 1. The number of aromatic nitrogens is 1. The third kappa shape index (κ3) is 7.82. The zero-order valence-electron chi connectivity index (χ0n) is 22.4. The highest BCUT2D eigenvalue weighted by Gasteiger charge is 2.40. The smallest absolute Gasteiger partial charge is 0.194 e. The molecule has 6 nitrogen and oxygen atoms in total. The molecule has 0 radical (unpaired) electrons. The summed E-state index contributed by atoms with van der Waals surface area (Å²) in [5, 5.41) is 13.3. The Morgan fingerprint density at radius 1 is 1.11 bits per heavy atom. The van der Waals surface area contributed by atoms with Crippen molar-refractivity contribution in [1.82, 2.24) is 15.2 Å². The van der Waals surface area contributed by atoms with Gasteiger partial charge in [-0.1, -0.05) is 49.4 Å². The van der Waals surface area contributed by atoms with Crippen LogP contribution in [0, 0.1) is 12.8 Å². The van der Waals surface area contributed by atoms with Crippen LogP contribution in [0.4, 0.5) is 0 Å². The molecule has 2 aliphatic rings. The number of aliphatic hydroxyl groups is 1.